The summed E-state index contributed by atoms with van der Waals surface area (Å²) in [5.41, 5.74) is 3.36. The number of rotatable bonds is 3. The maximum absolute atomic E-state index is 13.1. The lowest BCUT2D eigenvalue weighted by molar-refractivity contribution is -0.134. The maximum atomic E-state index is 13.1. The highest BCUT2D eigenvalue weighted by Crippen LogP contribution is 2.32. The molecular weight excluding hydrogens is 396 g/mol. The van der Waals surface area contributed by atoms with Crippen LogP contribution in [-0.2, 0) is 21.1 Å². The average molecular weight is 413 g/mol. The van der Waals surface area contributed by atoms with E-state index in [-0.39, 0.29) is 11.3 Å². The Morgan fingerprint density at radius 3 is 2.43 bits per heavy atom. The minimum absolute atomic E-state index is 0.106. The zero-order valence-corrected chi connectivity index (χ0v) is 16.6. The average Bonchev–Trinajstić information content (AvgIpc) is 2.68. The summed E-state index contributed by atoms with van der Waals surface area (Å²) in [5, 5.41) is -0.611. The number of hydrogen-bond donors (Lipinski definition) is 0. The van der Waals surface area contributed by atoms with Crippen molar-refractivity contribution in [1.82, 2.24) is 0 Å². The predicted molar refractivity (Wildman–Crippen MR) is 108 cm³/mol. The van der Waals surface area contributed by atoms with Gasteiger partial charge in [0.15, 0.2) is 15.1 Å². The monoisotopic (exact) mass is 412 g/mol. The molecule has 142 valence electrons. The Balaban J connectivity index is 1.69. The number of carbonyl (C=O) groups is 1. The Labute approximate surface area is 168 Å². The molecule has 0 aliphatic carbocycles. The van der Waals surface area contributed by atoms with Crippen LogP contribution in [0.2, 0.25) is 5.02 Å². The van der Waals surface area contributed by atoms with Crippen molar-refractivity contribution in [3.05, 3.63) is 82.9 Å². The van der Waals surface area contributed by atoms with E-state index in [0.717, 1.165) is 16.7 Å². The second-order valence-electron chi connectivity index (χ2n) is 6.75. The van der Waals surface area contributed by atoms with E-state index in [9.17, 15) is 13.2 Å². The van der Waals surface area contributed by atoms with Gasteiger partial charge < -0.3 is 4.74 Å². The SMILES string of the molecule is Cc1cc(S(=O)(=O)C2Cc3ccccc3OC2=O)ccc1-c1ccc(Cl)cc1. The van der Waals surface area contributed by atoms with Crippen molar-refractivity contribution in [1.29, 1.82) is 0 Å². The van der Waals surface area contributed by atoms with Crippen LogP contribution < -0.4 is 4.74 Å². The molecule has 1 atom stereocenters. The Morgan fingerprint density at radius 1 is 1.00 bits per heavy atom. The van der Waals surface area contributed by atoms with Crippen LogP contribution in [0.15, 0.2) is 71.6 Å². The minimum atomic E-state index is -3.88. The van der Waals surface area contributed by atoms with Crippen molar-refractivity contribution >= 4 is 27.4 Å². The molecule has 0 fully saturated rings. The van der Waals surface area contributed by atoms with E-state index in [1.54, 1.807) is 54.6 Å². The highest BCUT2D eigenvalue weighted by atomic mass is 35.5. The number of ether oxygens (including phenoxy) is 1. The van der Waals surface area contributed by atoms with Gasteiger partial charge >= 0.3 is 5.97 Å². The van der Waals surface area contributed by atoms with Gasteiger partial charge in [-0.1, -0.05) is 48.0 Å². The van der Waals surface area contributed by atoms with Gasteiger partial charge in [-0.3, -0.25) is 4.79 Å². The molecule has 0 radical (unpaired) electrons. The molecule has 28 heavy (non-hydrogen) atoms. The Bertz CT molecular complexity index is 1170. The van der Waals surface area contributed by atoms with Crippen molar-refractivity contribution in [3.8, 4) is 16.9 Å². The molecule has 0 amide bonds. The highest BCUT2D eigenvalue weighted by molar-refractivity contribution is 7.92. The summed E-state index contributed by atoms with van der Waals surface area (Å²) in [4.78, 5) is 12.5. The van der Waals surface area contributed by atoms with Gasteiger partial charge in [0.2, 0.25) is 0 Å². The van der Waals surface area contributed by atoms with Crippen LogP contribution in [0, 0.1) is 6.92 Å². The van der Waals surface area contributed by atoms with Gasteiger partial charge in [0, 0.05) is 11.4 Å². The van der Waals surface area contributed by atoms with Crippen molar-refractivity contribution < 1.29 is 17.9 Å². The second-order valence-corrected chi connectivity index (χ2v) is 9.32. The molecule has 4 rings (SSSR count). The summed E-state index contributed by atoms with van der Waals surface area (Å²) < 4.78 is 31.5. The molecule has 0 saturated heterocycles. The number of halogens is 1. The molecule has 3 aromatic rings. The number of carbonyl (C=O) groups excluding carboxylic acids is 1. The zero-order valence-electron chi connectivity index (χ0n) is 15.1. The quantitative estimate of drug-likeness (QED) is 0.465. The third-order valence-electron chi connectivity index (χ3n) is 4.91. The molecule has 3 aromatic carbocycles. The van der Waals surface area contributed by atoms with Gasteiger partial charge in [-0.15, -0.1) is 0 Å². The lowest BCUT2D eigenvalue weighted by atomic mass is 10.0. The van der Waals surface area contributed by atoms with Crippen molar-refractivity contribution in [2.75, 3.05) is 0 Å². The van der Waals surface area contributed by atoms with Gasteiger partial charge in [0.25, 0.3) is 0 Å². The minimum Gasteiger partial charge on any atom is -0.425 e. The lowest BCUT2D eigenvalue weighted by Gasteiger charge is -2.23. The van der Waals surface area contributed by atoms with Crippen LogP contribution in [-0.4, -0.2) is 19.6 Å². The molecule has 4 nitrogen and oxygen atoms in total. The molecule has 1 unspecified atom stereocenters. The molecule has 6 heteroatoms. The van der Waals surface area contributed by atoms with E-state index in [1.807, 2.05) is 19.1 Å². The summed E-state index contributed by atoms with van der Waals surface area (Å²) in [6, 6.07) is 19.2. The fraction of sp³-hybridized carbons (Fsp3) is 0.136. The van der Waals surface area contributed by atoms with Crippen molar-refractivity contribution in [3.63, 3.8) is 0 Å². The van der Waals surface area contributed by atoms with E-state index in [1.165, 1.54) is 0 Å². The van der Waals surface area contributed by atoms with Crippen LogP contribution in [0.3, 0.4) is 0 Å². The normalized spacial score (nSPS) is 16.4. The van der Waals surface area contributed by atoms with Crippen LogP contribution in [0.1, 0.15) is 11.1 Å². The standard InChI is InChI=1S/C22H17ClO4S/c1-14-12-18(10-11-19(14)15-6-8-17(23)9-7-15)28(25,26)21-13-16-4-2-3-5-20(16)27-22(21)24/h2-12,21H,13H2,1H3. The number of hydrogen-bond acceptors (Lipinski definition) is 4. The van der Waals surface area contributed by atoms with Crippen LogP contribution in [0.5, 0.6) is 5.75 Å². The molecule has 1 aliphatic rings. The van der Waals surface area contributed by atoms with E-state index >= 15 is 0 Å². The smallest absolute Gasteiger partial charge is 0.330 e. The second kappa shape index (κ2) is 7.08. The third kappa shape index (κ3) is 3.32. The highest BCUT2D eigenvalue weighted by Gasteiger charge is 2.39. The number of aryl methyl sites for hydroxylation is 1. The fourth-order valence-corrected chi connectivity index (χ4v) is 5.15. The van der Waals surface area contributed by atoms with Gasteiger partial charge in [-0.25, -0.2) is 8.42 Å². The third-order valence-corrected chi connectivity index (χ3v) is 7.18. The van der Waals surface area contributed by atoms with Crippen molar-refractivity contribution in [2.24, 2.45) is 0 Å². The first-order valence-corrected chi connectivity index (χ1v) is 10.7. The van der Waals surface area contributed by atoms with E-state index in [2.05, 4.69) is 0 Å². The molecular formula is C22H17ClO4S. The largest absolute Gasteiger partial charge is 0.425 e. The van der Waals surface area contributed by atoms with E-state index in [4.69, 9.17) is 16.3 Å². The molecule has 1 heterocycles. The summed E-state index contributed by atoms with van der Waals surface area (Å²) >= 11 is 5.94. The molecule has 0 saturated carbocycles. The number of fused-ring (bicyclic) bond motifs is 1. The Hall–Kier alpha value is -2.63. The Morgan fingerprint density at radius 2 is 1.71 bits per heavy atom. The first-order chi connectivity index (χ1) is 13.4. The first kappa shape index (κ1) is 18.7. The predicted octanol–water partition coefficient (Wildman–Crippen LogP) is 4.62. The summed E-state index contributed by atoms with van der Waals surface area (Å²) in [7, 11) is -3.88. The van der Waals surface area contributed by atoms with Crippen LogP contribution >= 0.6 is 11.6 Å². The lowest BCUT2D eigenvalue weighted by Crippen LogP contribution is -2.39. The summed E-state index contributed by atoms with van der Waals surface area (Å²) in [6.45, 7) is 1.84. The first-order valence-electron chi connectivity index (χ1n) is 8.76. The van der Waals surface area contributed by atoms with E-state index in [0.29, 0.717) is 16.3 Å². The molecule has 0 spiro atoms. The van der Waals surface area contributed by atoms with Crippen LogP contribution in [0.4, 0.5) is 0 Å². The molecule has 0 N–H and O–H groups in total. The molecule has 1 aliphatic heterocycles. The van der Waals surface area contributed by atoms with Gasteiger partial charge in [-0.05, 0) is 59.5 Å². The molecule has 0 aromatic heterocycles. The number of esters is 1. The van der Waals surface area contributed by atoms with Crippen LogP contribution in [0.25, 0.3) is 11.1 Å². The number of sulfone groups is 1. The maximum Gasteiger partial charge on any atom is 0.330 e. The fourth-order valence-electron chi connectivity index (χ4n) is 3.40. The van der Waals surface area contributed by atoms with Gasteiger partial charge in [0.1, 0.15) is 5.75 Å². The molecule has 0 bridgehead atoms. The van der Waals surface area contributed by atoms with Gasteiger partial charge in [-0.2, -0.15) is 0 Å². The van der Waals surface area contributed by atoms with E-state index < -0.39 is 21.1 Å². The zero-order chi connectivity index (χ0) is 19.9. The van der Waals surface area contributed by atoms with Crippen molar-refractivity contribution in [2.45, 2.75) is 23.5 Å². The summed E-state index contributed by atoms with van der Waals surface area (Å²) in [5.74, 6) is -0.314. The number of benzene rings is 3. The van der Waals surface area contributed by atoms with Gasteiger partial charge in [0.05, 0.1) is 4.90 Å². The topological polar surface area (TPSA) is 60.4 Å². The Kier molecular flexibility index (Phi) is 4.73. The number of para-hydroxylation sites is 1. The summed E-state index contributed by atoms with van der Waals surface area (Å²) in [6.07, 6.45) is 0.106.